The molecule has 0 unspecified atom stereocenters. The van der Waals surface area contributed by atoms with Crippen LogP contribution in [0.2, 0.25) is 0 Å². The van der Waals surface area contributed by atoms with Gasteiger partial charge in [0.05, 0.1) is 5.56 Å². The Morgan fingerprint density at radius 2 is 1.42 bits per heavy atom. The first kappa shape index (κ1) is 18.4. The molecule has 0 aromatic heterocycles. The second-order valence-corrected chi connectivity index (χ2v) is 6.31. The molecule has 0 spiro atoms. The summed E-state index contributed by atoms with van der Waals surface area (Å²) in [7, 11) is 0. The predicted octanol–water partition coefficient (Wildman–Crippen LogP) is 6.94. The van der Waals surface area contributed by atoms with Crippen LogP contribution in [0.3, 0.4) is 0 Å². The molecule has 3 aromatic carbocycles. The van der Waals surface area contributed by atoms with Crippen molar-refractivity contribution in [1.29, 1.82) is 0 Å². The van der Waals surface area contributed by atoms with Gasteiger partial charge < -0.3 is 0 Å². The average molecular weight is 364 g/mol. The number of unbranched alkanes of at least 4 members (excludes halogenated alkanes) is 2. The number of fused-ring (bicyclic) bond motifs is 1. The highest BCUT2D eigenvalue weighted by Gasteiger charge is 2.17. The molecule has 3 aromatic rings. The maximum Gasteiger partial charge on any atom is 0.195 e. The quantitative estimate of drug-likeness (QED) is 0.261. The first-order valence-electron chi connectivity index (χ1n) is 8.48. The predicted molar refractivity (Wildman–Crippen MR) is 92.4 cm³/mol. The third kappa shape index (κ3) is 3.43. The van der Waals surface area contributed by atoms with Crippen molar-refractivity contribution < 1.29 is 22.0 Å². The van der Waals surface area contributed by atoms with Gasteiger partial charge in [0.25, 0.3) is 0 Å². The second-order valence-electron chi connectivity index (χ2n) is 6.31. The first-order chi connectivity index (χ1) is 12.4. The van der Waals surface area contributed by atoms with Gasteiger partial charge in [-0.25, -0.2) is 22.0 Å². The number of benzene rings is 3. The van der Waals surface area contributed by atoms with Gasteiger partial charge in [-0.3, -0.25) is 0 Å². The van der Waals surface area contributed by atoms with Gasteiger partial charge >= 0.3 is 0 Å². The van der Waals surface area contributed by atoms with Crippen LogP contribution < -0.4 is 0 Å². The summed E-state index contributed by atoms with van der Waals surface area (Å²) < 4.78 is 69.5. The van der Waals surface area contributed by atoms with Crippen LogP contribution in [0.15, 0.2) is 36.4 Å². The number of rotatable bonds is 5. The molecule has 26 heavy (non-hydrogen) atoms. The lowest BCUT2D eigenvalue weighted by molar-refractivity contribution is 0.453. The number of hydrogen-bond acceptors (Lipinski definition) is 0. The Morgan fingerprint density at radius 1 is 0.731 bits per heavy atom. The molecule has 0 atom stereocenters. The third-order valence-corrected chi connectivity index (χ3v) is 4.43. The van der Waals surface area contributed by atoms with Crippen LogP contribution in [0.25, 0.3) is 21.9 Å². The first-order valence-corrected chi connectivity index (χ1v) is 8.48. The lowest BCUT2D eigenvalue weighted by Crippen LogP contribution is -1.96. The zero-order chi connectivity index (χ0) is 18.8. The Balaban J connectivity index is 2.04. The van der Waals surface area contributed by atoms with Crippen LogP contribution in [0.4, 0.5) is 22.0 Å². The van der Waals surface area contributed by atoms with Crippen LogP contribution in [0, 0.1) is 29.1 Å². The molecule has 0 heterocycles. The summed E-state index contributed by atoms with van der Waals surface area (Å²) in [4.78, 5) is 0. The topological polar surface area (TPSA) is 0 Å². The second kappa shape index (κ2) is 7.44. The summed E-state index contributed by atoms with van der Waals surface area (Å²) in [5.74, 6) is -5.71. The van der Waals surface area contributed by atoms with Crippen molar-refractivity contribution in [1.82, 2.24) is 0 Å². The molecule has 0 saturated carbocycles. The fourth-order valence-corrected chi connectivity index (χ4v) is 3.09. The summed E-state index contributed by atoms with van der Waals surface area (Å²) in [5, 5.41) is -0.116. The van der Waals surface area contributed by atoms with Crippen LogP contribution in [-0.4, -0.2) is 0 Å². The van der Waals surface area contributed by atoms with Crippen LogP contribution >= 0.6 is 0 Å². The van der Waals surface area contributed by atoms with E-state index in [2.05, 4.69) is 0 Å². The monoisotopic (exact) mass is 364 g/mol. The lowest BCUT2D eigenvalue weighted by Gasteiger charge is -2.10. The summed E-state index contributed by atoms with van der Waals surface area (Å²) in [6, 6.07) is 7.11. The van der Waals surface area contributed by atoms with Gasteiger partial charge in [0.15, 0.2) is 17.5 Å². The summed E-state index contributed by atoms with van der Waals surface area (Å²) >= 11 is 0. The minimum atomic E-state index is -1.57. The van der Waals surface area contributed by atoms with E-state index in [1.807, 2.05) is 6.92 Å². The highest BCUT2D eigenvalue weighted by Crippen LogP contribution is 2.32. The van der Waals surface area contributed by atoms with Crippen LogP contribution in [0.5, 0.6) is 0 Å². The van der Waals surface area contributed by atoms with E-state index in [1.165, 1.54) is 30.3 Å². The Kier molecular flexibility index (Phi) is 5.25. The SMILES string of the molecule is CCCCCc1cc(F)c(-c2ccc3c(F)c(F)c(F)cc3c2)c(F)c1. The summed E-state index contributed by atoms with van der Waals surface area (Å²) in [5.41, 5.74) is 0.437. The molecule has 0 aliphatic rings. The molecule has 0 N–H and O–H groups in total. The highest BCUT2D eigenvalue weighted by molar-refractivity contribution is 5.88. The van der Waals surface area contributed by atoms with E-state index in [4.69, 9.17) is 0 Å². The average Bonchev–Trinajstić information content (AvgIpc) is 2.59. The maximum atomic E-state index is 14.5. The Bertz CT molecular complexity index is 939. The van der Waals surface area contributed by atoms with E-state index in [-0.39, 0.29) is 21.9 Å². The van der Waals surface area contributed by atoms with Crippen LogP contribution in [0.1, 0.15) is 31.7 Å². The molecule has 3 rings (SSSR count). The number of hydrogen-bond donors (Lipinski definition) is 0. The van der Waals surface area contributed by atoms with Crippen LogP contribution in [-0.2, 0) is 6.42 Å². The Morgan fingerprint density at radius 3 is 2.08 bits per heavy atom. The molecule has 0 saturated heterocycles. The van der Waals surface area contributed by atoms with Gasteiger partial charge in [0, 0.05) is 5.39 Å². The molecular formula is C21H17F5. The molecule has 0 radical (unpaired) electrons. The molecular weight excluding hydrogens is 347 g/mol. The fourth-order valence-electron chi connectivity index (χ4n) is 3.09. The van der Waals surface area contributed by atoms with E-state index in [0.29, 0.717) is 12.0 Å². The molecule has 0 fully saturated rings. The van der Waals surface area contributed by atoms with Gasteiger partial charge in [0.2, 0.25) is 0 Å². The maximum absolute atomic E-state index is 14.5. The number of halogens is 5. The largest absolute Gasteiger partial charge is 0.206 e. The van der Waals surface area contributed by atoms with E-state index < -0.39 is 29.1 Å². The summed E-state index contributed by atoms with van der Waals surface area (Å²) in [6.07, 6.45) is 3.40. The molecule has 0 nitrogen and oxygen atoms in total. The normalized spacial score (nSPS) is 11.3. The Labute approximate surface area is 148 Å². The van der Waals surface area contributed by atoms with E-state index in [1.54, 1.807) is 0 Å². The van der Waals surface area contributed by atoms with E-state index in [0.717, 1.165) is 25.3 Å². The number of aryl methyl sites for hydroxylation is 1. The molecule has 0 aliphatic carbocycles. The third-order valence-electron chi connectivity index (χ3n) is 4.43. The van der Waals surface area contributed by atoms with Crippen molar-refractivity contribution in [2.45, 2.75) is 32.6 Å². The van der Waals surface area contributed by atoms with Crippen molar-refractivity contribution in [3.05, 3.63) is 71.0 Å². The van der Waals surface area contributed by atoms with Crippen molar-refractivity contribution in [3.8, 4) is 11.1 Å². The van der Waals surface area contributed by atoms with E-state index >= 15 is 0 Å². The molecule has 0 amide bonds. The van der Waals surface area contributed by atoms with Crippen molar-refractivity contribution >= 4 is 10.8 Å². The Hall–Kier alpha value is -2.43. The highest BCUT2D eigenvalue weighted by atomic mass is 19.2. The fraction of sp³-hybridized carbons (Fsp3) is 0.238. The minimum absolute atomic E-state index is 0.0322. The van der Waals surface area contributed by atoms with Gasteiger partial charge in [-0.2, -0.15) is 0 Å². The minimum Gasteiger partial charge on any atom is -0.206 e. The van der Waals surface area contributed by atoms with Gasteiger partial charge in [-0.15, -0.1) is 0 Å². The molecule has 0 bridgehead atoms. The summed E-state index contributed by atoms with van der Waals surface area (Å²) in [6.45, 7) is 2.04. The molecule has 0 aliphatic heterocycles. The lowest BCUT2D eigenvalue weighted by atomic mass is 9.97. The molecule has 5 heteroatoms. The van der Waals surface area contributed by atoms with E-state index in [9.17, 15) is 22.0 Å². The van der Waals surface area contributed by atoms with Crippen molar-refractivity contribution in [2.75, 3.05) is 0 Å². The zero-order valence-electron chi connectivity index (χ0n) is 14.2. The van der Waals surface area contributed by atoms with Gasteiger partial charge in [-0.05, 0) is 53.6 Å². The smallest absolute Gasteiger partial charge is 0.195 e. The standard InChI is InChI=1S/C21H17F5/c1-2-3-4-5-12-8-16(22)19(17(23)9-12)13-6-7-15-14(10-13)11-18(24)21(26)20(15)25/h6-11H,2-5H2,1H3. The molecule has 136 valence electrons. The van der Waals surface area contributed by atoms with Crippen molar-refractivity contribution in [2.24, 2.45) is 0 Å². The van der Waals surface area contributed by atoms with Gasteiger partial charge in [0.1, 0.15) is 11.6 Å². The zero-order valence-corrected chi connectivity index (χ0v) is 14.2. The van der Waals surface area contributed by atoms with Crippen molar-refractivity contribution in [3.63, 3.8) is 0 Å². The van der Waals surface area contributed by atoms with Gasteiger partial charge in [-0.1, -0.05) is 31.9 Å².